The molecule has 0 saturated carbocycles. The van der Waals surface area contributed by atoms with E-state index in [1.165, 1.54) is 5.56 Å². The van der Waals surface area contributed by atoms with E-state index in [0.29, 0.717) is 0 Å². The van der Waals surface area contributed by atoms with Gasteiger partial charge < -0.3 is 4.79 Å². The van der Waals surface area contributed by atoms with Crippen LogP contribution in [0.5, 0.6) is 0 Å². The molecule has 1 aromatic rings. The Balaban J connectivity index is 2.88. The Morgan fingerprint density at radius 3 is 2.21 bits per heavy atom. The van der Waals surface area contributed by atoms with E-state index in [1.807, 2.05) is 13.8 Å². The summed E-state index contributed by atoms with van der Waals surface area (Å²) in [5.41, 5.74) is 2.08. The molecule has 0 atom stereocenters. The third-order valence-corrected chi connectivity index (χ3v) is 2.53. The smallest absolute Gasteiger partial charge is 0.129 e. The molecule has 0 aliphatic heterocycles. The van der Waals surface area contributed by atoms with Crippen molar-refractivity contribution in [2.75, 3.05) is 0 Å². The van der Waals surface area contributed by atoms with Gasteiger partial charge in [0.25, 0.3) is 0 Å². The van der Waals surface area contributed by atoms with Crippen molar-refractivity contribution in [2.24, 2.45) is 0 Å². The predicted molar refractivity (Wildman–Crippen MR) is 59.5 cm³/mol. The summed E-state index contributed by atoms with van der Waals surface area (Å²) in [5.74, 6) is 0. The molecular weight excluding hydrogens is 172 g/mol. The van der Waals surface area contributed by atoms with Crippen LogP contribution in [0.4, 0.5) is 0 Å². The second-order valence-corrected chi connectivity index (χ2v) is 4.29. The molecule has 1 nitrogen and oxygen atoms in total. The van der Waals surface area contributed by atoms with E-state index in [2.05, 4.69) is 31.2 Å². The summed E-state index contributed by atoms with van der Waals surface area (Å²) >= 11 is 0. The first-order chi connectivity index (χ1) is 6.60. The number of hydrogen-bond acceptors (Lipinski definition) is 1. The lowest BCUT2D eigenvalue weighted by Crippen LogP contribution is -2.18. The van der Waals surface area contributed by atoms with Crippen molar-refractivity contribution < 1.29 is 4.79 Å². The molecule has 0 heterocycles. The summed E-state index contributed by atoms with van der Waals surface area (Å²) in [7, 11) is 0. The highest BCUT2D eigenvalue weighted by Gasteiger charge is 2.18. The standard InChI is InChI=1S/C13H18O/c1-4-5-11-6-8-12(9-7-11)13(2,3)10-14/h6-10H,4-5H2,1-3H3. The summed E-state index contributed by atoms with van der Waals surface area (Å²) in [5, 5.41) is 0. The average molecular weight is 190 g/mol. The number of rotatable bonds is 4. The Kier molecular flexibility index (Phi) is 3.45. The lowest BCUT2D eigenvalue weighted by molar-refractivity contribution is -0.111. The summed E-state index contributed by atoms with van der Waals surface area (Å²) in [6.45, 7) is 6.05. The van der Waals surface area contributed by atoms with Gasteiger partial charge >= 0.3 is 0 Å². The monoisotopic (exact) mass is 190 g/mol. The molecule has 0 aliphatic carbocycles. The van der Waals surface area contributed by atoms with E-state index in [0.717, 1.165) is 24.7 Å². The van der Waals surface area contributed by atoms with Gasteiger partial charge in [-0.3, -0.25) is 0 Å². The normalized spacial score (nSPS) is 11.4. The van der Waals surface area contributed by atoms with Gasteiger partial charge in [-0.15, -0.1) is 0 Å². The highest BCUT2D eigenvalue weighted by molar-refractivity contribution is 5.67. The minimum atomic E-state index is -0.356. The van der Waals surface area contributed by atoms with Crippen LogP contribution >= 0.6 is 0 Å². The van der Waals surface area contributed by atoms with Gasteiger partial charge in [0.05, 0.1) is 0 Å². The van der Waals surface area contributed by atoms with Crippen LogP contribution in [-0.2, 0) is 16.6 Å². The molecule has 0 amide bonds. The van der Waals surface area contributed by atoms with Crippen molar-refractivity contribution in [3.63, 3.8) is 0 Å². The highest BCUT2D eigenvalue weighted by Crippen LogP contribution is 2.21. The second kappa shape index (κ2) is 4.41. The van der Waals surface area contributed by atoms with Crippen molar-refractivity contribution in [1.29, 1.82) is 0 Å². The minimum Gasteiger partial charge on any atom is -0.302 e. The van der Waals surface area contributed by atoms with Crippen LogP contribution in [0.15, 0.2) is 24.3 Å². The molecule has 1 rings (SSSR count). The maximum Gasteiger partial charge on any atom is 0.129 e. The minimum absolute atomic E-state index is 0.356. The summed E-state index contributed by atoms with van der Waals surface area (Å²) in [6, 6.07) is 8.34. The van der Waals surface area contributed by atoms with E-state index in [4.69, 9.17) is 0 Å². The van der Waals surface area contributed by atoms with E-state index < -0.39 is 0 Å². The molecule has 0 aliphatic rings. The molecule has 0 N–H and O–H groups in total. The Bertz CT molecular complexity index is 296. The number of aldehydes is 1. The molecule has 0 unspecified atom stereocenters. The zero-order valence-corrected chi connectivity index (χ0v) is 9.21. The molecule has 0 bridgehead atoms. The van der Waals surface area contributed by atoms with Crippen LogP contribution in [0, 0.1) is 0 Å². The Morgan fingerprint density at radius 1 is 1.21 bits per heavy atom. The van der Waals surface area contributed by atoms with Gasteiger partial charge in [0, 0.05) is 5.41 Å². The molecule has 1 heteroatoms. The molecule has 0 spiro atoms. The second-order valence-electron chi connectivity index (χ2n) is 4.29. The van der Waals surface area contributed by atoms with E-state index in [1.54, 1.807) is 0 Å². The quantitative estimate of drug-likeness (QED) is 0.667. The first kappa shape index (κ1) is 11.0. The van der Waals surface area contributed by atoms with Gasteiger partial charge in [0.15, 0.2) is 0 Å². The van der Waals surface area contributed by atoms with Crippen LogP contribution in [0.2, 0.25) is 0 Å². The van der Waals surface area contributed by atoms with Crippen molar-refractivity contribution in [2.45, 2.75) is 39.0 Å². The molecule has 1 aromatic carbocycles. The van der Waals surface area contributed by atoms with Crippen molar-refractivity contribution in [1.82, 2.24) is 0 Å². The predicted octanol–water partition coefficient (Wildman–Crippen LogP) is 3.12. The van der Waals surface area contributed by atoms with E-state index >= 15 is 0 Å². The Hall–Kier alpha value is -1.11. The fourth-order valence-corrected chi connectivity index (χ4v) is 1.46. The number of carbonyl (C=O) groups excluding carboxylic acids is 1. The van der Waals surface area contributed by atoms with Crippen LogP contribution in [0.3, 0.4) is 0 Å². The van der Waals surface area contributed by atoms with E-state index in [9.17, 15) is 4.79 Å². The first-order valence-corrected chi connectivity index (χ1v) is 5.16. The van der Waals surface area contributed by atoms with Crippen LogP contribution in [0.1, 0.15) is 38.3 Å². The highest BCUT2D eigenvalue weighted by atomic mass is 16.1. The van der Waals surface area contributed by atoms with Crippen molar-refractivity contribution >= 4 is 6.29 Å². The molecule has 0 fully saturated rings. The largest absolute Gasteiger partial charge is 0.302 e. The maximum absolute atomic E-state index is 10.8. The number of benzene rings is 1. The van der Waals surface area contributed by atoms with Crippen LogP contribution in [-0.4, -0.2) is 6.29 Å². The number of carbonyl (C=O) groups is 1. The average Bonchev–Trinajstić information content (AvgIpc) is 2.19. The molecule has 14 heavy (non-hydrogen) atoms. The number of hydrogen-bond donors (Lipinski definition) is 0. The van der Waals surface area contributed by atoms with Crippen molar-refractivity contribution in [3.8, 4) is 0 Å². The third-order valence-electron chi connectivity index (χ3n) is 2.53. The maximum atomic E-state index is 10.8. The van der Waals surface area contributed by atoms with Gasteiger partial charge in [-0.05, 0) is 31.4 Å². The van der Waals surface area contributed by atoms with Crippen LogP contribution < -0.4 is 0 Å². The lowest BCUT2D eigenvalue weighted by atomic mass is 9.86. The van der Waals surface area contributed by atoms with Gasteiger partial charge in [-0.25, -0.2) is 0 Å². The van der Waals surface area contributed by atoms with Gasteiger partial charge in [-0.1, -0.05) is 37.6 Å². The molecule has 76 valence electrons. The molecule has 0 saturated heterocycles. The van der Waals surface area contributed by atoms with Gasteiger partial charge in [0.2, 0.25) is 0 Å². The zero-order valence-electron chi connectivity index (χ0n) is 9.21. The topological polar surface area (TPSA) is 17.1 Å². The van der Waals surface area contributed by atoms with Gasteiger partial charge in [-0.2, -0.15) is 0 Å². The summed E-state index contributed by atoms with van der Waals surface area (Å²) in [4.78, 5) is 10.8. The zero-order chi connectivity index (χ0) is 10.6. The molecular formula is C13H18O. The van der Waals surface area contributed by atoms with Crippen LogP contribution in [0.25, 0.3) is 0 Å². The Morgan fingerprint density at radius 2 is 1.79 bits per heavy atom. The summed E-state index contributed by atoms with van der Waals surface area (Å²) in [6.07, 6.45) is 3.28. The Labute approximate surface area is 86.1 Å². The van der Waals surface area contributed by atoms with Crippen molar-refractivity contribution in [3.05, 3.63) is 35.4 Å². The first-order valence-electron chi connectivity index (χ1n) is 5.16. The SMILES string of the molecule is CCCc1ccc(C(C)(C)C=O)cc1. The van der Waals surface area contributed by atoms with Gasteiger partial charge in [0.1, 0.15) is 6.29 Å². The number of aryl methyl sites for hydroxylation is 1. The molecule has 0 radical (unpaired) electrons. The molecule has 0 aromatic heterocycles. The fraction of sp³-hybridized carbons (Fsp3) is 0.462. The summed E-state index contributed by atoms with van der Waals surface area (Å²) < 4.78 is 0. The van der Waals surface area contributed by atoms with E-state index in [-0.39, 0.29) is 5.41 Å². The fourth-order valence-electron chi connectivity index (χ4n) is 1.46. The lowest BCUT2D eigenvalue weighted by Gasteiger charge is -2.17. The third kappa shape index (κ3) is 2.44.